The first-order valence-electron chi connectivity index (χ1n) is 7.96. The quantitative estimate of drug-likeness (QED) is 0.927. The second kappa shape index (κ2) is 6.61. The smallest absolute Gasteiger partial charge is 0.222 e. The van der Waals surface area contributed by atoms with Crippen LogP contribution in [0.25, 0.3) is 0 Å². The van der Waals surface area contributed by atoms with Crippen molar-refractivity contribution in [2.45, 2.75) is 46.0 Å². The predicted octanol–water partition coefficient (Wildman–Crippen LogP) is 2.66. The fraction of sp³-hybridized carbons (Fsp3) is 0.611. The SMILES string of the molecule is Cc1ccc(CCC(=O)N2CCNCC2)cc1C(C)(C)C. The average Bonchev–Trinajstić information content (AvgIpc) is 2.45. The van der Waals surface area contributed by atoms with Crippen molar-refractivity contribution in [1.29, 1.82) is 0 Å². The normalized spacial score (nSPS) is 16.1. The molecule has 116 valence electrons. The van der Waals surface area contributed by atoms with Gasteiger partial charge in [0.05, 0.1) is 0 Å². The number of nitrogens with zero attached hydrogens (tertiary/aromatic N) is 1. The second-order valence-electron chi connectivity index (χ2n) is 7.03. The minimum Gasteiger partial charge on any atom is -0.340 e. The topological polar surface area (TPSA) is 32.3 Å². The van der Waals surface area contributed by atoms with Crippen LogP contribution in [0.4, 0.5) is 0 Å². The molecule has 2 rings (SSSR count). The average molecular weight is 288 g/mol. The van der Waals surface area contributed by atoms with Gasteiger partial charge in [-0.3, -0.25) is 4.79 Å². The second-order valence-corrected chi connectivity index (χ2v) is 7.03. The van der Waals surface area contributed by atoms with Crippen LogP contribution in [0.3, 0.4) is 0 Å². The number of amides is 1. The van der Waals surface area contributed by atoms with E-state index >= 15 is 0 Å². The van der Waals surface area contributed by atoms with Gasteiger partial charge in [-0.2, -0.15) is 0 Å². The Balaban J connectivity index is 1.98. The molecule has 1 aromatic rings. The van der Waals surface area contributed by atoms with Gasteiger partial charge in [-0.05, 0) is 35.4 Å². The number of hydrogen-bond donors (Lipinski definition) is 1. The Kier molecular flexibility index (Phi) is 5.04. The van der Waals surface area contributed by atoms with Crippen LogP contribution in [0, 0.1) is 6.92 Å². The summed E-state index contributed by atoms with van der Waals surface area (Å²) >= 11 is 0. The highest BCUT2D eigenvalue weighted by Crippen LogP contribution is 2.26. The highest BCUT2D eigenvalue weighted by atomic mass is 16.2. The first-order valence-corrected chi connectivity index (χ1v) is 7.96. The van der Waals surface area contributed by atoms with Crippen LogP contribution < -0.4 is 5.32 Å². The predicted molar refractivity (Wildman–Crippen MR) is 87.6 cm³/mol. The van der Waals surface area contributed by atoms with Gasteiger partial charge in [-0.15, -0.1) is 0 Å². The van der Waals surface area contributed by atoms with E-state index in [-0.39, 0.29) is 11.3 Å². The van der Waals surface area contributed by atoms with Gasteiger partial charge >= 0.3 is 0 Å². The first kappa shape index (κ1) is 16.0. The molecular weight excluding hydrogens is 260 g/mol. The lowest BCUT2D eigenvalue weighted by molar-refractivity contribution is -0.131. The molecule has 1 aliphatic rings. The van der Waals surface area contributed by atoms with E-state index in [1.165, 1.54) is 16.7 Å². The molecule has 21 heavy (non-hydrogen) atoms. The standard InChI is InChI=1S/C18H28N2O/c1-14-5-6-15(13-16(14)18(2,3)4)7-8-17(21)20-11-9-19-10-12-20/h5-6,13,19H,7-12H2,1-4H3. The maximum absolute atomic E-state index is 12.2. The van der Waals surface area contributed by atoms with Crippen molar-refractivity contribution in [3.8, 4) is 0 Å². The fourth-order valence-electron chi connectivity index (χ4n) is 2.96. The van der Waals surface area contributed by atoms with E-state index < -0.39 is 0 Å². The Morgan fingerprint density at radius 3 is 2.52 bits per heavy atom. The highest BCUT2D eigenvalue weighted by molar-refractivity contribution is 5.76. The van der Waals surface area contributed by atoms with Crippen LogP contribution in [0.5, 0.6) is 0 Å². The van der Waals surface area contributed by atoms with Gasteiger partial charge in [0.2, 0.25) is 5.91 Å². The van der Waals surface area contributed by atoms with Crippen molar-refractivity contribution in [1.82, 2.24) is 10.2 Å². The van der Waals surface area contributed by atoms with E-state index in [1.807, 2.05) is 4.90 Å². The number of hydrogen-bond acceptors (Lipinski definition) is 2. The fourth-order valence-corrected chi connectivity index (χ4v) is 2.96. The van der Waals surface area contributed by atoms with Crippen LogP contribution in [-0.4, -0.2) is 37.0 Å². The summed E-state index contributed by atoms with van der Waals surface area (Å²) in [5, 5.41) is 3.28. The lowest BCUT2D eigenvalue weighted by Gasteiger charge is -2.27. The summed E-state index contributed by atoms with van der Waals surface area (Å²) in [5.41, 5.74) is 4.14. The zero-order valence-corrected chi connectivity index (χ0v) is 13.8. The molecule has 0 aromatic heterocycles. The molecule has 1 fully saturated rings. The molecule has 1 aromatic carbocycles. The first-order chi connectivity index (χ1) is 9.88. The molecule has 1 heterocycles. The Morgan fingerprint density at radius 2 is 1.90 bits per heavy atom. The Bertz CT molecular complexity index is 496. The molecule has 1 aliphatic heterocycles. The Morgan fingerprint density at radius 1 is 1.24 bits per heavy atom. The molecule has 0 spiro atoms. The molecule has 0 bridgehead atoms. The van der Waals surface area contributed by atoms with Crippen molar-refractivity contribution >= 4 is 5.91 Å². The third kappa shape index (κ3) is 4.31. The van der Waals surface area contributed by atoms with Gasteiger partial charge in [0.1, 0.15) is 0 Å². The molecule has 0 atom stereocenters. The number of rotatable bonds is 3. The van der Waals surface area contributed by atoms with Gasteiger partial charge in [-0.25, -0.2) is 0 Å². The molecule has 1 saturated heterocycles. The number of benzene rings is 1. The summed E-state index contributed by atoms with van der Waals surface area (Å²) < 4.78 is 0. The zero-order valence-electron chi connectivity index (χ0n) is 13.8. The van der Waals surface area contributed by atoms with Crippen LogP contribution in [0.2, 0.25) is 0 Å². The van der Waals surface area contributed by atoms with Crippen molar-refractivity contribution in [2.75, 3.05) is 26.2 Å². The van der Waals surface area contributed by atoms with E-state index in [0.717, 1.165) is 32.6 Å². The molecule has 0 aliphatic carbocycles. The number of piperazine rings is 1. The third-order valence-electron chi connectivity index (χ3n) is 4.21. The van der Waals surface area contributed by atoms with Crippen molar-refractivity contribution < 1.29 is 4.79 Å². The Labute approximate surface area is 128 Å². The van der Waals surface area contributed by atoms with Gasteiger partial charge in [0.15, 0.2) is 0 Å². The molecule has 3 nitrogen and oxygen atoms in total. The van der Waals surface area contributed by atoms with Gasteiger partial charge in [-0.1, -0.05) is 39.0 Å². The maximum atomic E-state index is 12.2. The summed E-state index contributed by atoms with van der Waals surface area (Å²) in [5.74, 6) is 0.286. The summed E-state index contributed by atoms with van der Waals surface area (Å²) in [7, 11) is 0. The minimum atomic E-state index is 0.155. The van der Waals surface area contributed by atoms with E-state index in [4.69, 9.17) is 0 Å². The lowest BCUT2D eigenvalue weighted by Crippen LogP contribution is -2.46. The monoisotopic (exact) mass is 288 g/mol. The van der Waals surface area contributed by atoms with Crippen molar-refractivity contribution in [3.05, 3.63) is 34.9 Å². The molecule has 0 saturated carbocycles. The zero-order chi connectivity index (χ0) is 15.5. The van der Waals surface area contributed by atoms with Crippen molar-refractivity contribution in [3.63, 3.8) is 0 Å². The van der Waals surface area contributed by atoms with Gasteiger partial charge in [0, 0.05) is 32.6 Å². The summed E-state index contributed by atoms with van der Waals surface area (Å²) in [4.78, 5) is 14.2. The number of nitrogens with one attached hydrogen (secondary N) is 1. The van der Waals surface area contributed by atoms with E-state index in [1.54, 1.807) is 0 Å². The number of aryl methyl sites for hydroxylation is 2. The highest BCUT2D eigenvalue weighted by Gasteiger charge is 2.18. The largest absolute Gasteiger partial charge is 0.340 e. The summed E-state index contributed by atoms with van der Waals surface area (Å²) in [6.45, 7) is 12.4. The van der Waals surface area contributed by atoms with Gasteiger partial charge in [0.25, 0.3) is 0 Å². The van der Waals surface area contributed by atoms with Crippen molar-refractivity contribution in [2.24, 2.45) is 0 Å². The number of carbonyl (C=O) groups excluding carboxylic acids is 1. The van der Waals surface area contributed by atoms with Crippen LogP contribution >= 0.6 is 0 Å². The third-order valence-corrected chi connectivity index (χ3v) is 4.21. The maximum Gasteiger partial charge on any atom is 0.222 e. The van der Waals surface area contributed by atoms with Gasteiger partial charge < -0.3 is 10.2 Å². The molecule has 1 amide bonds. The molecule has 3 heteroatoms. The summed E-state index contributed by atoms with van der Waals surface area (Å²) in [6, 6.07) is 6.63. The summed E-state index contributed by atoms with van der Waals surface area (Å²) in [6.07, 6.45) is 1.46. The molecule has 1 N–H and O–H groups in total. The van der Waals surface area contributed by atoms with Crippen LogP contribution in [-0.2, 0) is 16.6 Å². The van der Waals surface area contributed by atoms with Crippen LogP contribution in [0.15, 0.2) is 18.2 Å². The van der Waals surface area contributed by atoms with E-state index in [0.29, 0.717) is 6.42 Å². The molecule has 0 unspecified atom stereocenters. The molecule has 0 radical (unpaired) electrons. The lowest BCUT2D eigenvalue weighted by atomic mass is 9.83. The van der Waals surface area contributed by atoms with Crippen LogP contribution in [0.1, 0.15) is 43.9 Å². The number of carbonyl (C=O) groups is 1. The van der Waals surface area contributed by atoms with E-state index in [2.05, 4.69) is 51.2 Å². The Hall–Kier alpha value is -1.35. The minimum absolute atomic E-state index is 0.155. The molecular formula is C18H28N2O. The van der Waals surface area contributed by atoms with E-state index in [9.17, 15) is 4.79 Å².